The van der Waals surface area contributed by atoms with Crippen molar-refractivity contribution in [2.45, 2.75) is 12.8 Å². The Morgan fingerprint density at radius 1 is 0.333 bits per heavy atom. The molecule has 0 aliphatic rings. The molecule has 0 N–H and O–H groups in total. The topological polar surface area (TPSA) is 185 Å². The van der Waals surface area contributed by atoms with Crippen LogP contribution in [0.4, 0.5) is 14.4 Å². The maximum atomic E-state index is 12.6. The Hall–Kier alpha value is -8.46. The Balaban J connectivity index is 0.972. The molecule has 320 valence electrons. The minimum absolute atomic E-state index is 0.0212. The number of carbonyl (C=O) groups is 6. The molecule has 0 aromatic heterocycles. The lowest BCUT2D eigenvalue weighted by atomic mass is 10.0. The summed E-state index contributed by atoms with van der Waals surface area (Å²) in [6, 6.07) is 47.3. The van der Waals surface area contributed by atoms with Gasteiger partial charge >= 0.3 is 36.4 Å². The van der Waals surface area contributed by atoms with E-state index in [0.717, 1.165) is 33.4 Å². The molecule has 6 aromatic rings. The first kappa shape index (κ1) is 44.1. The van der Waals surface area contributed by atoms with Gasteiger partial charge in [0.25, 0.3) is 0 Å². The van der Waals surface area contributed by atoms with Gasteiger partial charge in [-0.2, -0.15) is 14.4 Å². The first-order chi connectivity index (χ1) is 30.7. The van der Waals surface area contributed by atoms with Gasteiger partial charge < -0.3 is 14.2 Å². The fourth-order valence-electron chi connectivity index (χ4n) is 5.92. The molecule has 6 rings (SSSR count). The van der Waals surface area contributed by atoms with E-state index in [2.05, 4.69) is 29.3 Å². The van der Waals surface area contributed by atoms with E-state index in [0.29, 0.717) is 0 Å². The van der Waals surface area contributed by atoms with Crippen molar-refractivity contribution in [3.8, 4) is 33.4 Å². The van der Waals surface area contributed by atoms with E-state index < -0.39 is 48.9 Å². The summed E-state index contributed by atoms with van der Waals surface area (Å²) in [5.41, 5.74) is 5.10. The summed E-state index contributed by atoms with van der Waals surface area (Å²) < 4.78 is 15.2. The van der Waals surface area contributed by atoms with Gasteiger partial charge in [-0.05, 0) is 88.5 Å². The van der Waals surface area contributed by atoms with E-state index in [9.17, 15) is 28.8 Å². The third kappa shape index (κ3) is 13.8. The molecule has 6 aromatic carbocycles. The smallest absolute Gasteiger partial charge is 0.432 e. The Labute approximate surface area is 360 Å². The second-order valence-electron chi connectivity index (χ2n) is 13.4. The van der Waals surface area contributed by atoms with Crippen molar-refractivity contribution in [3.63, 3.8) is 0 Å². The molecule has 0 saturated carbocycles. The van der Waals surface area contributed by atoms with Gasteiger partial charge in [0, 0.05) is 0 Å². The third-order valence-corrected chi connectivity index (χ3v) is 9.10. The molecule has 0 amide bonds. The number of benzene rings is 6. The predicted molar refractivity (Wildman–Crippen MR) is 222 cm³/mol. The van der Waals surface area contributed by atoms with E-state index in [-0.39, 0.29) is 42.7 Å². The minimum atomic E-state index is -1.38. The molecule has 0 saturated heterocycles. The van der Waals surface area contributed by atoms with Crippen LogP contribution in [-0.4, -0.2) is 56.2 Å². The zero-order valence-corrected chi connectivity index (χ0v) is 33.3. The van der Waals surface area contributed by atoms with Crippen LogP contribution in [0.2, 0.25) is 0 Å². The maximum absolute atomic E-state index is 12.6. The number of hydrogen-bond donors (Lipinski definition) is 0. The molecule has 0 radical (unpaired) electrons. The molecule has 0 heterocycles. The lowest BCUT2D eigenvalue weighted by Crippen LogP contribution is -2.21. The molecule has 15 nitrogen and oxygen atoms in total. The average Bonchev–Trinajstić information content (AvgIpc) is 3.34. The largest absolute Gasteiger partial charge is 0.549 e. The highest BCUT2D eigenvalue weighted by Gasteiger charge is 2.21. The monoisotopic (exact) mass is 854 g/mol. The Morgan fingerprint density at radius 2 is 0.635 bits per heavy atom. The van der Waals surface area contributed by atoms with Crippen molar-refractivity contribution >= 4 is 36.4 Å². The summed E-state index contributed by atoms with van der Waals surface area (Å²) in [5, 5.41) is 0. The van der Waals surface area contributed by atoms with Gasteiger partial charge in [-0.15, -0.1) is 0 Å². The average molecular weight is 855 g/mol. The molecule has 0 unspecified atom stereocenters. The van der Waals surface area contributed by atoms with Crippen LogP contribution >= 0.6 is 0 Å². The van der Waals surface area contributed by atoms with Gasteiger partial charge in [0.1, 0.15) is 0 Å². The van der Waals surface area contributed by atoms with Crippen molar-refractivity contribution in [1.29, 1.82) is 0 Å². The molecule has 0 aliphatic carbocycles. The molecule has 0 spiro atoms. The Kier molecular flexibility index (Phi) is 15.9. The minimum Gasteiger partial charge on any atom is -0.432 e. The van der Waals surface area contributed by atoms with Crippen LogP contribution in [0.1, 0.15) is 43.9 Å². The fraction of sp³-hybridized carbons (Fsp3) is 0.125. The van der Waals surface area contributed by atoms with Crippen LogP contribution < -0.4 is 0 Å². The standard InChI is InChI=1S/C48H38O15/c49-43(40-22-10-19-37(29-40)34-13-4-1-5-14-34)58-61-46(52)55-27-25-33(32-57-48(54)63-60-45(51)42-24-12-21-39(31-42)36-17-8-3-9-18-36)26-28-56-47(53)62-59-44(50)41-23-11-20-38(30-41)35-15-6-2-7-16-35/h1-24,29-31,33H,25-28,32H2. The van der Waals surface area contributed by atoms with E-state index >= 15 is 0 Å². The van der Waals surface area contributed by atoms with Gasteiger partial charge in [0.05, 0.1) is 36.5 Å². The van der Waals surface area contributed by atoms with Gasteiger partial charge in [0.2, 0.25) is 0 Å². The number of hydrogen-bond acceptors (Lipinski definition) is 15. The van der Waals surface area contributed by atoms with E-state index in [1.807, 2.05) is 91.0 Å². The van der Waals surface area contributed by atoms with Gasteiger partial charge in [-0.3, -0.25) is 0 Å². The van der Waals surface area contributed by atoms with Crippen molar-refractivity contribution in [2.24, 2.45) is 5.92 Å². The zero-order chi connectivity index (χ0) is 44.2. The SMILES string of the molecule is O=C(OCCC(CCOC(=O)OOC(=O)c1cccc(-c2ccccc2)c1)COC(=O)OOC(=O)c1cccc(-c2ccccc2)c1)OOC(=O)c1cccc(-c2ccccc2)c1. The van der Waals surface area contributed by atoms with Crippen LogP contribution in [0.3, 0.4) is 0 Å². The first-order valence-electron chi connectivity index (χ1n) is 19.3. The molecular weight excluding hydrogens is 817 g/mol. The summed E-state index contributed by atoms with van der Waals surface area (Å²) in [6.45, 7) is -1.10. The molecule has 0 aliphatic heterocycles. The number of rotatable bonds is 14. The molecule has 0 atom stereocenters. The van der Waals surface area contributed by atoms with Crippen LogP contribution in [0.5, 0.6) is 0 Å². The predicted octanol–water partition coefficient (Wildman–Crippen LogP) is 10.2. The maximum Gasteiger partial charge on any atom is 0.549 e. The van der Waals surface area contributed by atoms with Crippen LogP contribution in [-0.2, 0) is 43.5 Å². The lowest BCUT2D eigenvalue weighted by molar-refractivity contribution is -0.206. The van der Waals surface area contributed by atoms with Crippen molar-refractivity contribution in [3.05, 3.63) is 180 Å². The van der Waals surface area contributed by atoms with Gasteiger partial charge in [-0.1, -0.05) is 127 Å². The van der Waals surface area contributed by atoms with Crippen molar-refractivity contribution in [2.75, 3.05) is 19.8 Å². The van der Waals surface area contributed by atoms with Gasteiger partial charge in [0.15, 0.2) is 0 Å². The number of ether oxygens (including phenoxy) is 3. The Bertz CT molecular complexity index is 2370. The Morgan fingerprint density at radius 3 is 0.968 bits per heavy atom. The van der Waals surface area contributed by atoms with Crippen LogP contribution in [0.25, 0.3) is 33.4 Å². The van der Waals surface area contributed by atoms with E-state index in [1.54, 1.807) is 54.6 Å². The lowest BCUT2D eigenvalue weighted by Gasteiger charge is -2.16. The molecule has 0 bridgehead atoms. The third-order valence-electron chi connectivity index (χ3n) is 9.10. The summed E-state index contributed by atoms with van der Waals surface area (Å²) >= 11 is 0. The molecular formula is C48H38O15. The van der Waals surface area contributed by atoms with Gasteiger partial charge in [-0.25, -0.2) is 43.7 Å². The second kappa shape index (κ2) is 22.8. The highest BCUT2D eigenvalue weighted by molar-refractivity contribution is 5.92. The summed E-state index contributed by atoms with van der Waals surface area (Å²) in [4.78, 5) is 103. The van der Waals surface area contributed by atoms with Crippen molar-refractivity contribution in [1.82, 2.24) is 0 Å². The summed E-state index contributed by atoms with van der Waals surface area (Å²) in [7, 11) is 0. The molecule has 0 fully saturated rings. The second-order valence-corrected chi connectivity index (χ2v) is 13.4. The zero-order valence-electron chi connectivity index (χ0n) is 33.3. The molecule has 15 heteroatoms. The normalized spacial score (nSPS) is 10.4. The molecule has 63 heavy (non-hydrogen) atoms. The van der Waals surface area contributed by atoms with E-state index in [4.69, 9.17) is 14.2 Å². The van der Waals surface area contributed by atoms with Crippen LogP contribution in [0.15, 0.2) is 164 Å². The fourth-order valence-corrected chi connectivity index (χ4v) is 5.92. The highest BCUT2D eigenvalue weighted by atomic mass is 17.2. The quantitative estimate of drug-likeness (QED) is 0.0436. The number of carbonyl (C=O) groups excluding carboxylic acids is 6. The summed E-state index contributed by atoms with van der Waals surface area (Å²) in [6.07, 6.45) is -4.11. The highest BCUT2D eigenvalue weighted by Crippen LogP contribution is 2.23. The van der Waals surface area contributed by atoms with Crippen LogP contribution in [0, 0.1) is 5.92 Å². The van der Waals surface area contributed by atoms with E-state index in [1.165, 1.54) is 18.2 Å². The van der Waals surface area contributed by atoms with Crippen molar-refractivity contribution < 1.29 is 72.3 Å². The summed E-state index contributed by atoms with van der Waals surface area (Å²) in [5.74, 6) is -3.55. The first-order valence-corrected chi connectivity index (χ1v) is 19.3.